The van der Waals surface area contributed by atoms with Crippen LogP contribution in [0.4, 0.5) is 10.1 Å². The number of aliphatic hydroxyl groups is 1. The second-order valence-corrected chi connectivity index (χ2v) is 4.96. The van der Waals surface area contributed by atoms with E-state index in [1.54, 1.807) is 12.1 Å². The normalized spacial score (nSPS) is 21.9. The molecule has 1 aromatic rings. The van der Waals surface area contributed by atoms with Gasteiger partial charge in [-0.25, -0.2) is 4.39 Å². The molecule has 0 bridgehead atoms. The molecule has 1 aromatic carbocycles. The summed E-state index contributed by atoms with van der Waals surface area (Å²) in [7, 11) is 2.10. The van der Waals surface area contributed by atoms with Crippen molar-refractivity contribution in [3.05, 3.63) is 30.1 Å². The van der Waals surface area contributed by atoms with Gasteiger partial charge < -0.3 is 14.9 Å². The molecular weight excluding hydrogens is 231 g/mol. The fourth-order valence-corrected chi connectivity index (χ4v) is 2.63. The van der Waals surface area contributed by atoms with Crippen LogP contribution in [0.3, 0.4) is 0 Å². The van der Waals surface area contributed by atoms with Crippen LogP contribution in [-0.2, 0) is 0 Å². The summed E-state index contributed by atoms with van der Waals surface area (Å²) in [5.41, 5.74) is 0.920. The van der Waals surface area contributed by atoms with Crippen LogP contribution in [0, 0.1) is 5.82 Å². The molecule has 1 heterocycles. The molecule has 100 valence electrons. The first kappa shape index (κ1) is 13.3. The Balaban J connectivity index is 2.21. The van der Waals surface area contributed by atoms with E-state index in [0.717, 1.165) is 38.2 Å². The van der Waals surface area contributed by atoms with Crippen LogP contribution in [0.1, 0.15) is 12.8 Å². The molecule has 0 radical (unpaired) electrons. The maximum absolute atomic E-state index is 13.3. The number of nitrogens with zero attached hydrogens (tertiary/aromatic N) is 2. The first-order valence-electron chi connectivity index (χ1n) is 6.52. The molecule has 0 aromatic heterocycles. The maximum Gasteiger partial charge on any atom is 0.125 e. The van der Waals surface area contributed by atoms with Crippen molar-refractivity contribution >= 4 is 5.69 Å². The van der Waals surface area contributed by atoms with E-state index >= 15 is 0 Å². The van der Waals surface area contributed by atoms with E-state index in [-0.39, 0.29) is 18.5 Å². The minimum absolute atomic E-state index is 0.171. The summed E-state index contributed by atoms with van der Waals surface area (Å²) < 4.78 is 13.3. The molecule has 1 atom stereocenters. The quantitative estimate of drug-likeness (QED) is 0.887. The standard InChI is InChI=1S/C14H21FN2O/c1-16-7-3-8-17(14(11-16)6-9-18)13-5-2-4-12(15)10-13/h2,4-5,10,14,18H,3,6-9,11H2,1H3. The van der Waals surface area contributed by atoms with Crippen molar-refractivity contribution < 1.29 is 9.50 Å². The first-order valence-corrected chi connectivity index (χ1v) is 6.52. The van der Waals surface area contributed by atoms with Crippen molar-refractivity contribution in [2.45, 2.75) is 18.9 Å². The minimum atomic E-state index is -0.201. The predicted octanol–water partition coefficient (Wildman–Crippen LogP) is 1.72. The summed E-state index contributed by atoms with van der Waals surface area (Å²) in [6, 6.07) is 6.99. The average Bonchev–Trinajstić information content (AvgIpc) is 2.51. The number of aliphatic hydroxyl groups excluding tert-OH is 1. The number of halogens is 1. The smallest absolute Gasteiger partial charge is 0.125 e. The van der Waals surface area contributed by atoms with Gasteiger partial charge in [-0.15, -0.1) is 0 Å². The second kappa shape index (κ2) is 6.16. The third kappa shape index (κ3) is 3.21. The zero-order chi connectivity index (χ0) is 13.0. The van der Waals surface area contributed by atoms with Crippen molar-refractivity contribution in [2.75, 3.05) is 38.2 Å². The maximum atomic E-state index is 13.3. The van der Waals surface area contributed by atoms with E-state index in [9.17, 15) is 9.50 Å². The summed E-state index contributed by atoms with van der Waals surface area (Å²) in [6.07, 6.45) is 1.79. The van der Waals surface area contributed by atoms with Gasteiger partial charge in [0, 0.05) is 31.4 Å². The van der Waals surface area contributed by atoms with E-state index in [1.807, 2.05) is 6.07 Å². The van der Waals surface area contributed by atoms with Crippen LogP contribution in [0.5, 0.6) is 0 Å². The Bertz CT molecular complexity index is 386. The molecule has 1 fully saturated rings. The molecule has 1 aliphatic rings. The van der Waals surface area contributed by atoms with Crippen molar-refractivity contribution in [3.8, 4) is 0 Å². The van der Waals surface area contributed by atoms with E-state index in [0.29, 0.717) is 0 Å². The van der Waals surface area contributed by atoms with Crippen molar-refractivity contribution in [3.63, 3.8) is 0 Å². The molecule has 1 unspecified atom stereocenters. The largest absolute Gasteiger partial charge is 0.396 e. The molecule has 3 nitrogen and oxygen atoms in total. The monoisotopic (exact) mass is 252 g/mol. The highest BCUT2D eigenvalue weighted by molar-refractivity contribution is 5.47. The van der Waals surface area contributed by atoms with Gasteiger partial charge in [-0.05, 0) is 44.6 Å². The lowest BCUT2D eigenvalue weighted by Gasteiger charge is -2.32. The lowest BCUT2D eigenvalue weighted by atomic mass is 10.1. The molecule has 0 aliphatic carbocycles. The molecule has 2 rings (SSSR count). The number of likely N-dealkylation sites (N-methyl/N-ethyl adjacent to an activating group) is 1. The molecule has 1 N–H and O–H groups in total. The van der Waals surface area contributed by atoms with E-state index in [1.165, 1.54) is 6.07 Å². The highest BCUT2D eigenvalue weighted by Gasteiger charge is 2.23. The van der Waals surface area contributed by atoms with Gasteiger partial charge in [0.15, 0.2) is 0 Å². The van der Waals surface area contributed by atoms with Crippen LogP contribution in [0.15, 0.2) is 24.3 Å². The Hall–Kier alpha value is -1.13. The van der Waals surface area contributed by atoms with Crippen LogP contribution in [-0.4, -0.2) is 49.3 Å². The van der Waals surface area contributed by atoms with Gasteiger partial charge in [-0.1, -0.05) is 6.07 Å². The lowest BCUT2D eigenvalue weighted by Crippen LogP contribution is -2.41. The SMILES string of the molecule is CN1CCCN(c2cccc(F)c2)C(CCO)C1. The second-order valence-electron chi connectivity index (χ2n) is 4.96. The summed E-state index contributed by atoms with van der Waals surface area (Å²) >= 11 is 0. The van der Waals surface area contributed by atoms with Crippen molar-refractivity contribution in [1.82, 2.24) is 4.90 Å². The summed E-state index contributed by atoms with van der Waals surface area (Å²) in [5, 5.41) is 9.20. The number of hydrogen-bond donors (Lipinski definition) is 1. The van der Waals surface area contributed by atoms with Gasteiger partial charge in [0.2, 0.25) is 0 Å². The van der Waals surface area contributed by atoms with E-state index in [2.05, 4.69) is 16.8 Å². The van der Waals surface area contributed by atoms with E-state index in [4.69, 9.17) is 0 Å². The van der Waals surface area contributed by atoms with Crippen molar-refractivity contribution in [2.24, 2.45) is 0 Å². The fourth-order valence-electron chi connectivity index (χ4n) is 2.63. The third-order valence-corrected chi connectivity index (χ3v) is 3.50. The molecule has 0 spiro atoms. The van der Waals surface area contributed by atoms with Gasteiger partial charge in [0.05, 0.1) is 0 Å². The fraction of sp³-hybridized carbons (Fsp3) is 0.571. The topological polar surface area (TPSA) is 26.7 Å². The van der Waals surface area contributed by atoms with Gasteiger partial charge in [0.25, 0.3) is 0 Å². The lowest BCUT2D eigenvalue weighted by molar-refractivity contribution is 0.253. The van der Waals surface area contributed by atoms with Gasteiger partial charge in [-0.3, -0.25) is 0 Å². The Kier molecular flexibility index (Phi) is 4.55. The zero-order valence-corrected chi connectivity index (χ0v) is 10.8. The van der Waals surface area contributed by atoms with Crippen molar-refractivity contribution in [1.29, 1.82) is 0 Å². The van der Waals surface area contributed by atoms with Crippen LogP contribution in [0.25, 0.3) is 0 Å². The summed E-state index contributed by atoms with van der Waals surface area (Å²) in [4.78, 5) is 4.50. The minimum Gasteiger partial charge on any atom is -0.396 e. The zero-order valence-electron chi connectivity index (χ0n) is 10.8. The average molecular weight is 252 g/mol. The molecule has 0 amide bonds. The molecule has 4 heteroatoms. The molecular formula is C14H21FN2O. The third-order valence-electron chi connectivity index (χ3n) is 3.50. The Morgan fingerprint density at radius 3 is 2.94 bits per heavy atom. The van der Waals surface area contributed by atoms with Crippen LogP contribution >= 0.6 is 0 Å². The van der Waals surface area contributed by atoms with Gasteiger partial charge >= 0.3 is 0 Å². The molecule has 18 heavy (non-hydrogen) atoms. The number of benzene rings is 1. The van der Waals surface area contributed by atoms with E-state index < -0.39 is 0 Å². The number of anilines is 1. The van der Waals surface area contributed by atoms with Crippen LogP contribution in [0.2, 0.25) is 0 Å². The number of hydrogen-bond acceptors (Lipinski definition) is 3. The Labute approximate surface area is 108 Å². The summed E-state index contributed by atoms with van der Waals surface area (Å²) in [5.74, 6) is -0.201. The Morgan fingerprint density at radius 1 is 1.39 bits per heavy atom. The first-order chi connectivity index (χ1) is 8.70. The highest BCUT2D eigenvalue weighted by atomic mass is 19.1. The summed E-state index contributed by atoms with van der Waals surface area (Å²) in [6.45, 7) is 3.05. The molecule has 1 saturated heterocycles. The number of rotatable bonds is 3. The van der Waals surface area contributed by atoms with Crippen LogP contribution < -0.4 is 4.90 Å². The predicted molar refractivity (Wildman–Crippen MR) is 71.4 cm³/mol. The molecule has 1 aliphatic heterocycles. The highest BCUT2D eigenvalue weighted by Crippen LogP contribution is 2.22. The molecule has 0 saturated carbocycles. The van der Waals surface area contributed by atoms with Gasteiger partial charge in [-0.2, -0.15) is 0 Å². The Morgan fingerprint density at radius 2 is 2.22 bits per heavy atom. The van der Waals surface area contributed by atoms with Gasteiger partial charge in [0.1, 0.15) is 5.82 Å².